The number of nitrogens with zero attached hydrogens (tertiary/aromatic N) is 1. The van der Waals surface area contributed by atoms with E-state index in [1.165, 1.54) is 22.4 Å². The van der Waals surface area contributed by atoms with Crippen molar-refractivity contribution in [2.24, 2.45) is 5.92 Å². The number of halogens is 3. The molecule has 0 amide bonds. The molecule has 30 heavy (non-hydrogen) atoms. The van der Waals surface area contributed by atoms with E-state index < -0.39 is 12.1 Å². The van der Waals surface area contributed by atoms with Crippen molar-refractivity contribution < 1.29 is 27.6 Å². The third kappa shape index (κ3) is 8.17. The first-order valence-corrected chi connectivity index (χ1v) is 10.2. The number of aliphatic carboxylic acids is 1. The molecule has 0 saturated carbocycles. The summed E-state index contributed by atoms with van der Waals surface area (Å²) in [5.41, 5.74) is 5.83. The number of alkyl halides is 3. The maximum atomic E-state index is 10.5. The van der Waals surface area contributed by atoms with Crippen LogP contribution in [0.1, 0.15) is 75.8 Å². The van der Waals surface area contributed by atoms with E-state index in [0.29, 0.717) is 17.8 Å². The third-order valence-corrected chi connectivity index (χ3v) is 4.62. The van der Waals surface area contributed by atoms with Crippen LogP contribution in [0.4, 0.5) is 13.2 Å². The van der Waals surface area contributed by atoms with Crippen LogP contribution in [0.3, 0.4) is 0 Å². The Morgan fingerprint density at radius 1 is 1.00 bits per heavy atom. The minimum atomic E-state index is -5.19. The average Bonchev–Trinajstić information content (AvgIpc) is 2.62. The van der Waals surface area contributed by atoms with Crippen molar-refractivity contribution >= 4 is 5.97 Å². The first-order valence-electron chi connectivity index (χ1n) is 10.2. The Morgan fingerprint density at radius 3 is 1.93 bits per heavy atom. The van der Waals surface area contributed by atoms with E-state index in [1.807, 2.05) is 0 Å². The Bertz CT molecular complexity index is 813. The highest BCUT2D eigenvalue weighted by atomic mass is 19.4. The van der Waals surface area contributed by atoms with Crippen molar-refractivity contribution in [1.29, 1.82) is 0 Å². The van der Waals surface area contributed by atoms with Gasteiger partial charge in [-0.25, -0.2) is 0 Å². The highest BCUT2D eigenvalue weighted by Gasteiger charge is 2.28. The molecule has 6 heteroatoms. The maximum absolute atomic E-state index is 10.5. The van der Waals surface area contributed by atoms with Gasteiger partial charge in [0.05, 0.1) is 0 Å². The maximum Gasteiger partial charge on any atom is 0.430 e. The van der Waals surface area contributed by atoms with E-state index >= 15 is 0 Å². The molecule has 0 fully saturated rings. The Labute approximate surface area is 177 Å². The molecule has 0 aliphatic rings. The summed E-state index contributed by atoms with van der Waals surface area (Å²) in [5.74, 6) is -1.22. The zero-order valence-corrected chi connectivity index (χ0v) is 18.6. The van der Waals surface area contributed by atoms with Crippen LogP contribution >= 0.6 is 0 Å². The van der Waals surface area contributed by atoms with Crippen LogP contribution in [0, 0.1) is 5.92 Å². The van der Waals surface area contributed by atoms with Gasteiger partial charge in [0.15, 0.2) is 18.4 Å². The van der Waals surface area contributed by atoms with Crippen LogP contribution in [0.15, 0.2) is 42.6 Å². The van der Waals surface area contributed by atoms with Gasteiger partial charge in [0.2, 0.25) is 0 Å². The van der Waals surface area contributed by atoms with Gasteiger partial charge in [-0.2, -0.15) is 17.7 Å². The van der Waals surface area contributed by atoms with Gasteiger partial charge in [-0.1, -0.05) is 71.9 Å². The molecule has 0 bridgehead atoms. The van der Waals surface area contributed by atoms with Crippen molar-refractivity contribution in [2.75, 3.05) is 0 Å². The summed E-state index contributed by atoms with van der Waals surface area (Å²) in [4.78, 5) is 8.78. The van der Waals surface area contributed by atoms with Crippen LogP contribution in [0.5, 0.6) is 0 Å². The molecule has 3 nitrogen and oxygen atoms in total. The topological polar surface area (TPSA) is 44.0 Å². The van der Waals surface area contributed by atoms with Gasteiger partial charge in [-0.15, -0.1) is 0 Å². The van der Waals surface area contributed by atoms with Gasteiger partial charge in [-0.05, 0) is 23.8 Å². The first kappa shape index (κ1) is 25.7. The fourth-order valence-corrected chi connectivity index (χ4v) is 3.08. The van der Waals surface area contributed by atoms with Gasteiger partial charge in [0.25, 0.3) is 0 Å². The molecule has 166 valence electrons. The SMILES string of the molecule is CC(C)Cc1c(C(C)C)cc(C(C)C)c[n+]1Cc1ccccc1.O=C([O-])C(F)(F)F. The molecule has 0 N–H and O–H groups in total. The van der Waals surface area contributed by atoms with Crippen LogP contribution in [0.2, 0.25) is 0 Å². The van der Waals surface area contributed by atoms with E-state index in [1.54, 1.807) is 0 Å². The first-order chi connectivity index (χ1) is 13.8. The second kappa shape index (κ2) is 11.1. The van der Waals surface area contributed by atoms with Gasteiger partial charge in [0.1, 0.15) is 5.97 Å². The molecule has 0 unspecified atom stereocenters. The van der Waals surface area contributed by atoms with Crippen molar-refractivity contribution in [2.45, 2.75) is 72.5 Å². The normalized spacial score (nSPS) is 11.6. The molecule has 0 spiro atoms. The molecule has 1 aromatic heterocycles. The fourth-order valence-electron chi connectivity index (χ4n) is 3.08. The van der Waals surface area contributed by atoms with Crippen LogP contribution < -0.4 is 9.67 Å². The summed E-state index contributed by atoms with van der Waals surface area (Å²) in [6.45, 7) is 14.8. The zero-order chi connectivity index (χ0) is 23.1. The minimum Gasteiger partial charge on any atom is -0.542 e. The van der Waals surface area contributed by atoms with Crippen molar-refractivity contribution in [3.63, 3.8) is 0 Å². The number of rotatable bonds is 6. The number of benzene rings is 1. The van der Waals surface area contributed by atoms with Gasteiger partial charge in [0, 0.05) is 23.1 Å². The summed E-state index contributed by atoms with van der Waals surface area (Å²) in [7, 11) is 0. The summed E-state index contributed by atoms with van der Waals surface area (Å²) < 4.78 is 34.0. The number of carboxylic acid groups (broad SMARTS) is 1. The number of aromatic nitrogens is 1. The molecule has 0 atom stereocenters. The number of carbonyl (C=O) groups excluding carboxylic acids is 1. The zero-order valence-electron chi connectivity index (χ0n) is 18.6. The van der Waals surface area contributed by atoms with E-state index in [-0.39, 0.29) is 0 Å². The van der Waals surface area contributed by atoms with Gasteiger partial charge in [-0.3, -0.25) is 0 Å². The summed E-state index contributed by atoms with van der Waals surface area (Å²) in [6, 6.07) is 13.2. The quantitative estimate of drug-likeness (QED) is 0.629. The molecule has 0 saturated heterocycles. The number of pyridine rings is 1. The smallest absolute Gasteiger partial charge is 0.430 e. The van der Waals surface area contributed by atoms with Crippen LogP contribution in [-0.4, -0.2) is 12.1 Å². The molecular weight excluding hydrogens is 391 g/mol. The summed E-state index contributed by atoms with van der Waals surface area (Å²) in [6.07, 6.45) is -1.68. The molecule has 1 heterocycles. The highest BCUT2D eigenvalue weighted by Crippen LogP contribution is 2.24. The standard InChI is InChI=1S/C22H32N.C2HF3O2/c1-16(2)12-22-21(18(5)6)13-20(17(3)4)15-23(22)14-19-10-8-7-9-11-19;3-2(4,5)1(6)7/h7-11,13,15-18H,12,14H2,1-6H3;(H,6,7)/q+1;/p-1. The van der Waals surface area contributed by atoms with Crippen molar-refractivity contribution in [3.8, 4) is 0 Å². The Kier molecular flexibility index (Phi) is 9.53. The Balaban J connectivity index is 0.000000553. The summed E-state index contributed by atoms with van der Waals surface area (Å²) in [5, 5.41) is 8.78. The average molecular weight is 424 g/mol. The van der Waals surface area contributed by atoms with Crippen LogP contribution in [0.25, 0.3) is 0 Å². The lowest BCUT2D eigenvalue weighted by Crippen LogP contribution is -2.41. The van der Waals surface area contributed by atoms with E-state index in [2.05, 4.69) is 88.7 Å². The lowest BCUT2D eigenvalue weighted by molar-refractivity contribution is -0.696. The minimum absolute atomic E-state index is 0.558. The molecule has 2 rings (SSSR count). The number of hydrogen-bond donors (Lipinski definition) is 0. The number of carboxylic acids is 1. The predicted molar refractivity (Wildman–Crippen MR) is 110 cm³/mol. The lowest BCUT2D eigenvalue weighted by Gasteiger charge is -2.17. The second-order valence-corrected chi connectivity index (χ2v) is 8.48. The molecule has 2 aromatic rings. The molecule has 0 radical (unpaired) electrons. The predicted octanol–water partition coefficient (Wildman–Crippen LogP) is 4.77. The summed E-state index contributed by atoms with van der Waals surface area (Å²) >= 11 is 0. The molecule has 1 aromatic carbocycles. The van der Waals surface area contributed by atoms with E-state index in [9.17, 15) is 13.2 Å². The lowest BCUT2D eigenvalue weighted by atomic mass is 9.92. The number of carbonyl (C=O) groups is 1. The third-order valence-electron chi connectivity index (χ3n) is 4.62. The van der Waals surface area contributed by atoms with E-state index in [4.69, 9.17) is 9.90 Å². The van der Waals surface area contributed by atoms with Gasteiger partial charge >= 0.3 is 6.18 Å². The van der Waals surface area contributed by atoms with Gasteiger partial charge < -0.3 is 9.90 Å². The largest absolute Gasteiger partial charge is 0.542 e. The van der Waals surface area contributed by atoms with Crippen molar-refractivity contribution in [3.05, 3.63) is 65.0 Å². The second-order valence-electron chi connectivity index (χ2n) is 8.48. The monoisotopic (exact) mass is 423 g/mol. The molecule has 0 aliphatic carbocycles. The Morgan fingerprint density at radius 2 is 1.53 bits per heavy atom. The highest BCUT2D eigenvalue weighted by molar-refractivity contribution is 5.70. The molecular formula is C24H32F3NO2. The van der Waals surface area contributed by atoms with Crippen LogP contribution in [-0.2, 0) is 17.8 Å². The Hall–Kier alpha value is -2.37. The fraction of sp³-hybridized carbons (Fsp3) is 0.500. The van der Waals surface area contributed by atoms with E-state index in [0.717, 1.165) is 13.0 Å². The molecule has 0 aliphatic heterocycles. The van der Waals surface area contributed by atoms with Crippen molar-refractivity contribution in [1.82, 2.24) is 0 Å². The number of hydrogen-bond acceptors (Lipinski definition) is 2.